The Morgan fingerprint density at radius 2 is 1.95 bits per heavy atom. The van der Waals surface area contributed by atoms with Gasteiger partial charge >= 0.3 is 0 Å². The summed E-state index contributed by atoms with van der Waals surface area (Å²) in [4.78, 5) is 10.1. The van der Waals surface area contributed by atoms with Crippen molar-refractivity contribution in [3.8, 4) is 6.07 Å². The van der Waals surface area contributed by atoms with Crippen LogP contribution in [0.1, 0.15) is 19.5 Å². The molecule has 1 aliphatic rings. The van der Waals surface area contributed by atoms with Gasteiger partial charge in [-0.05, 0) is 19.9 Å². The molecule has 0 N–H and O–H groups in total. The van der Waals surface area contributed by atoms with Crippen molar-refractivity contribution < 1.29 is 8.42 Å². The third-order valence-electron chi connectivity index (χ3n) is 3.23. The Labute approximate surface area is 118 Å². The standard InChI is InChI=1S/C12H17N5O2S/c1-10(2)20(18,19)17-7-5-16(6-8-17)12-14-4-3-11(9-13)15-12/h3-4,10H,5-8H2,1-2H3. The number of sulfonamides is 1. The van der Waals surface area contributed by atoms with Crippen LogP contribution < -0.4 is 4.90 Å². The molecule has 0 unspecified atom stereocenters. The topological polar surface area (TPSA) is 90.2 Å². The molecular formula is C12H17N5O2S. The minimum atomic E-state index is -3.20. The van der Waals surface area contributed by atoms with Gasteiger partial charge in [-0.1, -0.05) is 0 Å². The number of hydrogen-bond donors (Lipinski definition) is 0. The number of hydrogen-bond acceptors (Lipinski definition) is 6. The highest BCUT2D eigenvalue weighted by Gasteiger charge is 2.29. The quantitative estimate of drug-likeness (QED) is 0.791. The summed E-state index contributed by atoms with van der Waals surface area (Å²) in [6.45, 7) is 5.26. The molecule has 0 amide bonds. The monoisotopic (exact) mass is 295 g/mol. The van der Waals surface area contributed by atoms with E-state index in [2.05, 4.69) is 9.97 Å². The zero-order valence-electron chi connectivity index (χ0n) is 11.5. The number of anilines is 1. The highest BCUT2D eigenvalue weighted by atomic mass is 32.2. The maximum absolute atomic E-state index is 12.1. The average molecular weight is 295 g/mol. The molecule has 0 bridgehead atoms. The van der Waals surface area contributed by atoms with Crippen molar-refractivity contribution in [2.75, 3.05) is 31.1 Å². The minimum Gasteiger partial charge on any atom is -0.338 e. The highest BCUT2D eigenvalue weighted by Crippen LogP contribution is 2.15. The number of aromatic nitrogens is 2. The molecule has 2 heterocycles. The van der Waals surface area contributed by atoms with Gasteiger partial charge < -0.3 is 4.90 Å². The Morgan fingerprint density at radius 1 is 1.30 bits per heavy atom. The predicted octanol–water partition coefficient (Wildman–Crippen LogP) is 0.208. The maximum atomic E-state index is 12.1. The van der Waals surface area contributed by atoms with Gasteiger partial charge in [0.15, 0.2) is 0 Å². The Bertz CT molecular complexity index is 615. The van der Waals surface area contributed by atoms with Gasteiger partial charge in [0, 0.05) is 32.4 Å². The van der Waals surface area contributed by atoms with Gasteiger partial charge in [-0.25, -0.2) is 18.4 Å². The van der Waals surface area contributed by atoms with Crippen LogP contribution in [0.3, 0.4) is 0 Å². The van der Waals surface area contributed by atoms with E-state index in [-0.39, 0.29) is 0 Å². The molecule has 1 aliphatic heterocycles. The molecule has 2 rings (SSSR count). The number of nitriles is 1. The Morgan fingerprint density at radius 3 is 2.50 bits per heavy atom. The molecule has 1 aromatic heterocycles. The Hall–Kier alpha value is -1.72. The van der Waals surface area contributed by atoms with Crippen LogP contribution in [0, 0.1) is 11.3 Å². The van der Waals surface area contributed by atoms with Gasteiger partial charge in [-0.15, -0.1) is 0 Å². The molecule has 7 nitrogen and oxygen atoms in total. The van der Waals surface area contributed by atoms with Crippen LogP contribution in [0.5, 0.6) is 0 Å². The van der Waals surface area contributed by atoms with Crippen LogP contribution in [0.15, 0.2) is 12.3 Å². The molecule has 0 spiro atoms. The first-order valence-corrected chi connectivity index (χ1v) is 7.92. The molecule has 0 aromatic carbocycles. The molecule has 0 atom stereocenters. The Balaban J connectivity index is 2.07. The summed E-state index contributed by atoms with van der Waals surface area (Å²) in [5.41, 5.74) is 0.312. The summed E-state index contributed by atoms with van der Waals surface area (Å²) in [6.07, 6.45) is 1.54. The van der Waals surface area contributed by atoms with E-state index >= 15 is 0 Å². The van der Waals surface area contributed by atoms with Crippen LogP contribution in [-0.2, 0) is 10.0 Å². The van der Waals surface area contributed by atoms with E-state index in [1.165, 1.54) is 10.5 Å². The zero-order chi connectivity index (χ0) is 14.8. The predicted molar refractivity (Wildman–Crippen MR) is 74.6 cm³/mol. The molecule has 0 radical (unpaired) electrons. The lowest BCUT2D eigenvalue weighted by molar-refractivity contribution is 0.379. The minimum absolute atomic E-state index is 0.312. The molecular weight excluding hydrogens is 278 g/mol. The first-order chi connectivity index (χ1) is 9.45. The molecule has 1 saturated heterocycles. The number of nitrogens with zero attached hydrogens (tertiary/aromatic N) is 5. The van der Waals surface area contributed by atoms with E-state index in [0.29, 0.717) is 37.8 Å². The van der Waals surface area contributed by atoms with Crippen LogP contribution in [0.25, 0.3) is 0 Å². The lowest BCUT2D eigenvalue weighted by Gasteiger charge is -2.34. The Kier molecular flexibility index (Phi) is 4.20. The van der Waals surface area contributed by atoms with Gasteiger partial charge in [-0.3, -0.25) is 0 Å². The molecule has 108 valence electrons. The summed E-state index contributed by atoms with van der Waals surface area (Å²) in [6, 6.07) is 3.51. The zero-order valence-corrected chi connectivity index (χ0v) is 12.3. The van der Waals surface area contributed by atoms with Crippen molar-refractivity contribution in [3.05, 3.63) is 18.0 Å². The van der Waals surface area contributed by atoms with E-state index in [1.54, 1.807) is 19.9 Å². The lowest BCUT2D eigenvalue weighted by Crippen LogP contribution is -2.50. The van der Waals surface area contributed by atoms with Crippen LogP contribution in [-0.4, -0.2) is 54.1 Å². The van der Waals surface area contributed by atoms with Gasteiger partial charge in [0.2, 0.25) is 16.0 Å². The van der Waals surface area contributed by atoms with Gasteiger partial charge in [0.25, 0.3) is 0 Å². The first-order valence-electron chi connectivity index (χ1n) is 6.42. The van der Waals surface area contributed by atoms with Crippen LogP contribution in [0.2, 0.25) is 0 Å². The summed E-state index contributed by atoms with van der Waals surface area (Å²) >= 11 is 0. The maximum Gasteiger partial charge on any atom is 0.226 e. The molecule has 0 aliphatic carbocycles. The highest BCUT2D eigenvalue weighted by molar-refractivity contribution is 7.89. The van der Waals surface area contributed by atoms with Gasteiger partial charge in [-0.2, -0.15) is 9.57 Å². The van der Waals surface area contributed by atoms with E-state index in [0.717, 1.165) is 0 Å². The van der Waals surface area contributed by atoms with Crippen LogP contribution in [0.4, 0.5) is 5.95 Å². The average Bonchev–Trinajstić information content (AvgIpc) is 2.47. The number of rotatable bonds is 3. The van der Waals surface area contributed by atoms with Crippen molar-refractivity contribution in [2.45, 2.75) is 19.1 Å². The normalized spacial score (nSPS) is 17.2. The van der Waals surface area contributed by atoms with Crippen molar-refractivity contribution in [3.63, 3.8) is 0 Å². The second-order valence-corrected chi connectivity index (χ2v) is 7.32. The van der Waals surface area contributed by atoms with Crippen molar-refractivity contribution in [1.82, 2.24) is 14.3 Å². The molecule has 20 heavy (non-hydrogen) atoms. The lowest BCUT2D eigenvalue weighted by atomic mass is 10.4. The fraction of sp³-hybridized carbons (Fsp3) is 0.583. The summed E-state index contributed by atoms with van der Waals surface area (Å²) < 4.78 is 25.6. The molecule has 8 heteroatoms. The summed E-state index contributed by atoms with van der Waals surface area (Å²) in [5, 5.41) is 8.41. The third kappa shape index (κ3) is 2.89. The fourth-order valence-corrected chi connectivity index (χ4v) is 3.27. The molecule has 1 fully saturated rings. The molecule has 0 saturated carbocycles. The second kappa shape index (κ2) is 5.73. The number of piperazine rings is 1. The summed E-state index contributed by atoms with van der Waals surface area (Å²) in [5.74, 6) is 0.477. The van der Waals surface area contributed by atoms with Crippen molar-refractivity contribution >= 4 is 16.0 Å². The van der Waals surface area contributed by atoms with Crippen LogP contribution >= 0.6 is 0 Å². The largest absolute Gasteiger partial charge is 0.338 e. The first kappa shape index (κ1) is 14.7. The van der Waals surface area contributed by atoms with Crippen molar-refractivity contribution in [2.24, 2.45) is 0 Å². The van der Waals surface area contributed by atoms with E-state index in [1.807, 2.05) is 11.0 Å². The third-order valence-corrected chi connectivity index (χ3v) is 5.51. The SMILES string of the molecule is CC(C)S(=O)(=O)N1CCN(c2nccc(C#N)n2)CC1. The molecule has 1 aromatic rings. The van der Waals surface area contributed by atoms with Gasteiger partial charge in [0.1, 0.15) is 11.8 Å². The van der Waals surface area contributed by atoms with Crippen molar-refractivity contribution in [1.29, 1.82) is 5.26 Å². The second-order valence-electron chi connectivity index (χ2n) is 4.83. The van der Waals surface area contributed by atoms with Gasteiger partial charge in [0.05, 0.1) is 5.25 Å². The van der Waals surface area contributed by atoms with E-state index < -0.39 is 15.3 Å². The van der Waals surface area contributed by atoms with E-state index in [9.17, 15) is 8.42 Å². The summed E-state index contributed by atoms with van der Waals surface area (Å²) in [7, 11) is -3.20. The smallest absolute Gasteiger partial charge is 0.226 e. The van der Waals surface area contributed by atoms with E-state index in [4.69, 9.17) is 5.26 Å². The fourth-order valence-electron chi connectivity index (χ4n) is 2.00.